The maximum absolute atomic E-state index is 4.59. The first-order valence-electron chi connectivity index (χ1n) is 7.43. The topological polar surface area (TPSA) is 37.8 Å². The van der Waals surface area contributed by atoms with E-state index in [0.717, 1.165) is 18.2 Å². The molecule has 0 radical (unpaired) electrons. The largest absolute Gasteiger partial charge is 0.366 e. The number of aromatic nitrogens is 2. The second kappa shape index (κ2) is 5.17. The molecule has 1 fully saturated rings. The van der Waals surface area contributed by atoms with Gasteiger partial charge in [0.25, 0.3) is 0 Å². The van der Waals surface area contributed by atoms with E-state index in [-0.39, 0.29) is 0 Å². The lowest BCUT2D eigenvalue weighted by atomic mass is 10.1. The number of anilines is 1. The molecule has 3 aromatic rings. The van der Waals surface area contributed by atoms with E-state index < -0.39 is 0 Å². The SMILES string of the molecule is c1ccc2cc(CNc3ccnc(C4CC4)n3)ccc2c1. The Labute approximate surface area is 124 Å². The van der Waals surface area contributed by atoms with Crippen LogP contribution in [0, 0.1) is 0 Å². The normalized spacial score (nSPS) is 14.3. The fraction of sp³-hybridized carbons (Fsp3) is 0.222. The van der Waals surface area contributed by atoms with Crippen LogP contribution in [0.4, 0.5) is 5.82 Å². The van der Waals surface area contributed by atoms with Gasteiger partial charge in [0.15, 0.2) is 0 Å². The third-order valence-corrected chi connectivity index (χ3v) is 3.90. The maximum atomic E-state index is 4.59. The van der Waals surface area contributed by atoms with Crippen molar-refractivity contribution in [2.24, 2.45) is 0 Å². The van der Waals surface area contributed by atoms with Gasteiger partial charge in [0.2, 0.25) is 0 Å². The van der Waals surface area contributed by atoms with Crippen LogP contribution in [0.15, 0.2) is 54.7 Å². The molecule has 104 valence electrons. The van der Waals surface area contributed by atoms with E-state index in [1.165, 1.54) is 29.2 Å². The lowest BCUT2D eigenvalue weighted by Gasteiger charge is -2.08. The Morgan fingerprint density at radius 1 is 1.00 bits per heavy atom. The van der Waals surface area contributed by atoms with Crippen molar-refractivity contribution in [3.63, 3.8) is 0 Å². The van der Waals surface area contributed by atoms with Crippen LogP contribution in [-0.2, 0) is 6.54 Å². The minimum absolute atomic E-state index is 0.590. The molecule has 1 N–H and O–H groups in total. The standard InChI is InChI=1S/C18H17N3/c1-2-4-16-11-13(5-6-14(16)3-1)12-20-17-9-10-19-18(21-17)15-7-8-15/h1-6,9-11,15H,7-8,12H2,(H,19,20,21). The van der Waals surface area contributed by atoms with E-state index in [1.54, 1.807) is 0 Å². The first-order valence-corrected chi connectivity index (χ1v) is 7.43. The molecule has 0 unspecified atom stereocenters. The van der Waals surface area contributed by atoms with Crippen LogP contribution in [0.1, 0.15) is 30.1 Å². The van der Waals surface area contributed by atoms with Crippen LogP contribution < -0.4 is 5.32 Å². The van der Waals surface area contributed by atoms with Crippen LogP contribution in [0.25, 0.3) is 10.8 Å². The van der Waals surface area contributed by atoms with E-state index in [4.69, 9.17) is 0 Å². The highest BCUT2D eigenvalue weighted by Crippen LogP contribution is 2.38. The summed E-state index contributed by atoms with van der Waals surface area (Å²) in [7, 11) is 0. The molecule has 2 aromatic carbocycles. The molecule has 0 atom stereocenters. The van der Waals surface area contributed by atoms with Gasteiger partial charge >= 0.3 is 0 Å². The Balaban J connectivity index is 1.51. The molecule has 3 nitrogen and oxygen atoms in total. The molecule has 1 aromatic heterocycles. The van der Waals surface area contributed by atoms with E-state index in [0.29, 0.717) is 5.92 Å². The average molecular weight is 275 g/mol. The summed E-state index contributed by atoms with van der Waals surface area (Å²) in [6, 6.07) is 16.9. The summed E-state index contributed by atoms with van der Waals surface area (Å²) < 4.78 is 0. The third kappa shape index (κ3) is 2.72. The smallest absolute Gasteiger partial charge is 0.133 e. The van der Waals surface area contributed by atoms with Gasteiger partial charge < -0.3 is 5.32 Å². The highest BCUT2D eigenvalue weighted by molar-refractivity contribution is 5.83. The van der Waals surface area contributed by atoms with Gasteiger partial charge in [0.05, 0.1) is 0 Å². The van der Waals surface area contributed by atoms with Gasteiger partial charge in [0.1, 0.15) is 11.6 Å². The van der Waals surface area contributed by atoms with E-state index in [1.807, 2.05) is 12.3 Å². The molecule has 1 aliphatic carbocycles. The van der Waals surface area contributed by atoms with Crippen LogP contribution in [-0.4, -0.2) is 9.97 Å². The zero-order chi connectivity index (χ0) is 14.1. The van der Waals surface area contributed by atoms with Gasteiger partial charge in [-0.3, -0.25) is 0 Å². The Morgan fingerprint density at radius 3 is 2.71 bits per heavy atom. The molecule has 0 aliphatic heterocycles. The van der Waals surface area contributed by atoms with E-state index in [9.17, 15) is 0 Å². The summed E-state index contributed by atoms with van der Waals surface area (Å²) in [4.78, 5) is 8.94. The molecule has 0 amide bonds. The average Bonchev–Trinajstić information content (AvgIpc) is 3.38. The Morgan fingerprint density at radius 2 is 1.86 bits per heavy atom. The van der Waals surface area contributed by atoms with Crippen LogP contribution in [0.3, 0.4) is 0 Å². The fourth-order valence-corrected chi connectivity index (χ4v) is 2.55. The number of benzene rings is 2. The predicted molar refractivity (Wildman–Crippen MR) is 85.3 cm³/mol. The number of nitrogens with one attached hydrogen (secondary N) is 1. The highest BCUT2D eigenvalue weighted by Gasteiger charge is 2.26. The lowest BCUT2D eigenvalue weighted by Crippen LogP contribution is -2.03. The minimum Gasteiger partial charge on any atom is -0.366 e. The lowest BCUT2D eigenvalue weighted by molar-refractivity contribution is 0.921. The Bertz CT molecular complexity index is 778. The molecule has 0 bridgehead atoms. The molecule has 21 heavy (non-hydrogen) atoms. The third-order valence-electron chi connectivity index (χ3n) is 3.90. The summed E-state index contributed by atoms with van der Waals surface area (Å²) in [6.45, 7) is 0.784. The summed E-state index contributed by atoms with van der Waals surface area (Å²) in [5, 5.41) is 5.95. The second-order valence-electron chi connectivity index (χ2n) is 5.61. The predicted octanol–water partition coefficient (Wildman–Crippen LogP) is 4.12. The molecule has 1 aliphatic rings. The van der Waals surface area contributed by atoms with Crippen molar-refractivity contribution < 1.29 is 0 Å². The molecule has 4 rings (SSSR count). The molecule has 3 heteroatoms. The van der Waals surface area contributed by atoms with Crippen molar-refractivity contribution in [3.05, 3.63) is 66.1 Å². The first-order chi connectivity index (χ1) is 10.4. The molecule has 1 saturated carbocycles. The fourth-order valence-electron chi connectivity index (χ4n) is 2.55. The van der Waals surface area contributed by atoms with Crippen molar-refractivity contribution in [1.82, 2.24) is 9.97 Å². The van der Waals surface area contributed by atoms with Crippen LogP contribution in [0.2, 0.25) is 0 Å². The van der Waals surface area contributed by atoms with Gasteiger partial charge in [-0.2, -0.15) is 0 Å². The number of fused-ring (bicyclic) bond motifs is 1. The molecular formula is C18H17N3. The number of hydrogen-bond acceptors (Lipinski definition) is 3. The summed E-state index contributed by atoms with van der Waals surface area (Å²) in [6.07, 6.45) is 4.31. The molecular weight excluding hydrogens is 258 g/mol. The van der Waals surface area contributed by atoms with Crippen LogP contribution >= 0.6 is 0 Å². The van der Waals surface area contributed by atoms with Crippen molar-refractivity contribution in [2.45, 2.75) is 25.3 Å². The zero-order valence-electron chi connectivity index (χ0n) is 11.8. The van der Waals surface area contributed by atoms with Gasteiger partial charge in [-0.15, -0.1) is 0 Å². The van der Waals surface area contributed by atoms with Crippen molar-refractivity contribution in [3.8, 4) is 0 Å². The van der Waals surface area contributed by atoms with Crippen molar-refractivity contribution >= 4 is 16.6 Å². The monoisotopic (exact) mass is 275 g/mol. The second-order valence-corrected chi connectivity index (χ2v) is 5.61. The zero-order valence-corrected chi connectivity index (χ0v) is 11.8. The summed E-state index contributed by atoms with van der Waals surface area (Å²) in [5.74, 6) is 2.49. The number of rotatable bonds is 4. The van der Waals surface area contributed by atoms with E-state index >= 15 is 0 Å². The number of nitrogens with zero attached hydrogens (tertiary/aromatic N) is 2. The van der Waals surface area contributed by atoms with Gasteiger partial charge in [0, 0.05) is 18.7 Å². The van der Waals surface area contributed by atoms with Crippen molar-refractivity contribution in [1.29, 1.82) is 0 Å². The molecule has 0 saturated heterocycles. The molecule has 0 spiro atoms. The van der Waals surface area contributed by atoms with E-state index in [2.05, 4.69) is 57.7 Å². The summed E-state index contributed by atoms with van der Waals surface area (Å²) in [5.41, 5.74) is 1.26. The number of hydrogen-bond donors (Lipinski definition) is 1. The quantitative estimate of drug-likeness (QED) is 0.778. The van der Waals surface area contributed by atoms with Gasteiger partial charge in [-0.1, -0.05) is 36.4 Å². The van der Waals surface area contributed by atoms with Crippen LogP contribution in [0.5, 0.6) is 0 Å². The Kier molecular flexibility index (Phi) is 3.03. The first kappa shape index (κ1) is 12.3. The van der Waals surface area contributed by atoms with Crippen molar-refractivity contribution in [2.75, 3.05) is 5.32 Å². The van der Waals surface area contributed by atoms with Gasteiger partial charge in [-0.25, -0.2) is 9.97 Å². The van der Waals surface area contributed by atoms with Gasteiger partial charge in [-0.05, 0) is 41.3 Å². The highest BCUT2D eigenvalue weighted by atomic mass is 15.0. The maximum Gasteiger partial charge on any atom is 0.133 e. The molecule has 1 heterocycles. The Hall–Kier alpha value is -2.42. The minimum atomic E-state index is 0.590. The summed E-state index contributed by atoms with van der Waals surface area (Å²) >= 11 is 0.